The molecule has 2 nitrogen and oxygen atoms in total. The van der Waals surface area contributed by atoms with Crippen molar-refractivity contribution >= 4 is 23.5 Å². The van der Waals surface area contributed by atoms with Crippen LogP contribution in [0.4, 0.5) is 0 Å². The summed E-state index contributed by atoms with van der Waals surface area (Å²) in [6, 6.07) is 9.38. The molecule has 4 heteroatoms. The molecule has 1 aliphatic rings. The minimum Gasteiger partial charge on any atom is -0.337 e. The van der Waals surface area contributed by atoms with Crippen LogP contribution in [-0.2, 0) is 16.0 Å². The van der Waals surface area contributed by atoms with E-state index >= 15 is 0 Å². The number of hydrogen-bond acceptors (Lipinski definition) is 3. The highest BCUT2D eigenvalue weighted by molar-refractivity contribution is 8.18. The van der Waals surface area contributed by atoms with Gasteiger partial charge < -0.3 is 4.57 Å². The van der Waals surface area contributed by atoms with Gasteiger partial charge in [0.15, 0.2) is 0 Å². The molecule has 1 aliphatic heterocycles. The molecule has 2 aromatic rings. The molecule has 0 N–H and O–H groups in total. The largest absolute Gasteiger partial charge is 0.337 e. The Balaban J connectivity index is 1.84. The Morgan fingerprint density at radius 2 is 1.83 bits per heavy atom. The first-order chi connectivity index (χ1) is 11.4. The molecular formula is C20H28N2S2. The summed E-state index contributed by atoms with van der Waals surface area (Å²) in [5.41, 5.74) is 3.09. The summed E-state index contributed by atoms with van der Waals surface area (Å²) >= 11 is 4.27. The second kappa shape index (κ2) is 7.17. The van der Waals surface area contributed by atoms with Crippen molar-refractivity contribution in [3.05, 3.63) is 54.1 Å². The first-order valence-corrected chi connectivity index (χ1v) is 10.7. The van der Waals surface area contributed by atoms with Gasteiger partial charge in [0.05, 0.1) is 10.4 Å². The quantitative estimate of drug-likeness (QED) is 0.713. The van der Waals surface area contributed by atoms with E-state index in [-0.39, 0.29) is 9.49 Å². The van der Waals surface area contributed by atoms with Crippen LogP contribution in [0.1, 0.15) is 45.2 Å². The maximum Gasteiger partial charge on any atom is 0.0945 e. The molecule has 1 aromatic carbocycles. The number of aryl methyl sites for hydroxylation is 1. The number of imidazole rings is 1. The van der Waals surface area contributed by atoms with Crippen LogP contribution in [0.15, 0.2) is 43.0 Å². The van der Waals surface area contributed by atoms with Gasteiger partial charge in [-0.25, -0.2) is 4.98 Å². The van der Waals surface area contributed by atoms with E-state index in [2.05, 4.69) is 91.2 Å². The number of aromatic nitrogens is 2. The van der Waals surface area contributed by atoms with Crippen LogP contribution in [0.2, 0.25) is 0 Å². The lowest BCUT2D eigenvalue weighted by Gasteiger charge is -2.39. The Labute approximate surface area is 154 Å². The van der Waals surface area contributed by atoms with Crippen molar-refractivity contribution < 1.29 is 0 Å². The molecule has 0 unspecified atom stereocenters. The summed E-state index contributed by atoms with van der Waals surface area (Å²) in [6.45, 7) is 10.2. The Bertz CT molecular complexity index is 633. The van der Waals surface area contributed by atoms with Gasteiger partial charge in [-0.3, -0.25) is 0 Å². The third kappa shape index (κ3) is 4.02. The highest BCUT2D eigenvalue weighted by atomic mass is 32.2. The molecular weight excluding hydrogens is 332 g/mol. The van der Waals surface area contributed by atoms with E-state index in [1.165, 1.54) is 22.6 Å². The first-order valence-electron chi connectivity index (χ1n) is 8.74. The van der Waals surface area contributed by atoms with Crippen LogP contribution in [0.3, 0.4) is 0 Å². The highest BCUT2D eigenvalue weighted by Gasteiger charge is 2.37. The highest BCUT2D eigenvalue weighted by Crippen LogP contribution is 2.54. The average molecular weight is 361 g/mol. The molecule has 24 heavy (non-hydrogen) atoms. The summed E-state index contributed by atoms with van der Waals surface area (Å²) in [7, 11) is 0. The predicted octanol–water partition coefficient (Wildman–Crippen LogP) is 5.54. The average Bonchev–Trinajstić information content (AvgIpc) is 3.08. The van der Waals surface area contributed by atoms with Gasteiger partial charge in [0.1, 0.15) is 0 Å². The Kier molecular flexibility index (Phi) is 5.36. The van der Waals surface area contributed by atoms with E-state index in [4.69, 9.17) is 0 Å². The third-order valence-electron chi connectivity index (χ3n) is 4.65. The fourth-order valence-corrected chi connectivity index (χ4v) is 6.33. The maximum atomic E-state index is 4.18. The Morgan fingerprint density at radius 1 is 1.17 bits per heavy atom. The van der Waals surface area contributed by atoms with Crippen molar-refractivity contribution in [3.63, 3.8) is 0 Å². The van der Waals surface area contributed by atoms with E-state index in [1.807, 2.05) is 12.5 Å². The van der Waals surface area contributed by atoms with Crippen LogP contribution in [0.5, 0.6) is 0 Å². The second-order valence-electron chi connectivity index (χ2n) is 7.86. The normalized spacial score (nSPS) is 24.9. The fraction of sp³-hybridized carbons (Fsp3) is 0.550. The van der Waals surface area contributed by atoms with E-state index < -0.39 is 0 Å². The number of thioether (sulfide) groups is 2. The summed E-state index contributed by atoms with van der Waals surface area (Å²) in [4.78, 5) is 4.18. The van der Waals surface area contributed by atoms with Crippen molar-refractivity contribution in [2.24, 2.45) is 5.92 Å². The minimum absolute atomic E-state index is 0.174. The fourth-order valence-electron chi connectivity index (χ4n) is 3.02. The first kappa shape index (κ1) is 17.9. The van der Waals surface area contributed by atoms with Crippen LogP contribution in [0, 0.1) is 5.92 Å². The summed E-state index contributed by atoms with van der Waals surface area (Å²) in [5, 5.41) is 0. The van der Waals surface area contributed by atoms with Crippen molar-refractivity contribution in [3.8, 4) is 0 Å². The lowest BCUT2D eigenvalue weighted by Crippen LogP contribution is -2.28. The van der Waals surface area contributed by atoms with Gasteiger partial charge in [0.2, 0.25) is 0 Å². The van der Waals surface area contributed by atoms with Gasteiger partial charge in [0.25, 0.3) is 0 Å². The Morgan fingerprint density at radius 3 is 2.38 bits per heavy atom. The zero-order chi connectivity index (χ0) is 17.2. The molecule has 0 radical (unpaired) electrons. The van der Waals surface area contributed by atoms with Gasteiger partial charge in [-0.1, -0.05) is 52.0 Å². The van der Waals surface area contributed by atoms with Crippen molar-refractivity contribution in [1.82, 2.24) is 9.55 Å². The van der Waals surface area contributed by atoms with Crippen LogP contribution in [-0.4, -0.2) is 21.1 Å². The molecule has 130 valence electrons. The topological polar surface area (TPSA) is 17.8 Å². The summed E-state index contributed by atoms with van der Waals surface area (Å²) < 4.78 is 2.37. The molecule has 1 fully saturated rings. The van der Waals surface area contributed by atoms with Crippen LogP contribution >= 0.6 is 23.5 Å². The minimum atomic E-state index is 0.174. The van der Waals surface area contributed by atoms with Crippen molar-refractivity contribution in [1.29, 1.82) is 0 Å². The molecule has 0 amide bonds. The zero-order valence-electron chi connectivity index (χ0n) is 15.2. The number of nitrogens with zero attached hydrogens (tertiary/aromatic N) is 2. The standard InChI is InChI=1S/C20H28N2S2/c1-16-13-23-20(24-14-16,9-11-22-12-10-21-15-22)18-7-5-17(6-8-18)19(2,3)4/h5-8,10,12,15-16H,9,11,13-14H2,1-4H3. The van der Waals surface area contributed by atoms with Gasteiger partial charge in [0, 0.05) is 18.9 Å². The zero-order valence-corrected chi connectivity index (χ0v) is 16.8. The SMILES string of the molecule is CC1CSC(CCn2ccnc2)(c2ccc(C(C)(C)C)cc2)SC1. The lowest BCUT2D eigenvalue weighted by molar-refractivity contribution is 0.586. The van der Waals surface area contributed by atoms with Gasteiger partial charge >= 0.3 is 0 Å². The van der Waals surface area contributed by atoms with Crippen molar-refractivity contribution in [2.75, 3.05) is 11.5 Å². The van der Waals surface area contributed by atoms with Crippen LogP contribution in [0.25, 0.3) is 0 Å². The molecule has 2 heterocycles. The lowest BCUT2D eigenvalue weighted by atomic mass is 9.86. The molecule has 1 aromatic heterocycles. The molecule has 0 spiro atoms. The number of benzene rings is 1. The molecule has 1 saturated heterocycles. The number of hydrogen-bond donors (Lipinski definition) is 0. The monoisotopic (exact) mass is 360 g/mol. The van der Waals surface area contributed by atoms with E-state index in [0.29, 0.717) is 0 Å². The molecule has 0 aliphatic carbocycles. The smallest absolute Gasteiger partial charge is 0.0945 e. The molecule has 0 bridgehead atoms. The summed E-state index contributed by atoms with van der Waals surface area (Å²) in [5.74, 6) is 3.30. The number of rotatable bonds is 4. The summed E-state index contributed by atoms with van der Waals surface area (Å²) in [6.07, 6.45) is 7.00. The van der Waals surface area contributed by atoms with Gasteiger partial charge in [-0.15, -0.1) is 23.5 Å². The molecule has 0 saturated carbocycles. The van der Waals surface area contributed by atoms with Crippen LogP contribution < -0.4 is 0 Å². The van der Waals surface area contributed by atoms with E-state index in [9.17, 15) is 0 Å². The van der Waals surface area contributed by atoms with E-state index in [1.54, 1.807) is 0 Å². The van der Waals surface area contributed by atoms with E-state index in [0.717, 1.165) is 18.9 Å². The maximum absolute atomic E-state index is 4.18. The Hall–Kier alpha value is -0.870. The van der Waals surface area contributed by atoms with Gasteiger partial charge in [-0.2, -0.15) is 0 Å². The second-order valence-corrected chi connectivity index (χ2v) is 10.8. The predicted molar refractivity (Wildman–Crippen MR) is 108 cm³/mol. The molecule has 3 rings (SSSR count). The van der Waals surface area contributed by atoms with Gasteiger partial charge in [-0.05, 0) is 40.4 Å². The molecule has 0 atom stereocenters. The third-order valence-corrected chi connectivity index (χ3v) is 8.64. The van der Waals surface area contributed by atoms with Crippen molar-refractivity contribution in [2.45, 2.75) is 50.2 Å².